The first kappa shape index (κ1) is 11.5. The smallest absolute Gasteiger partial charge is 0.360 e. The first-order valence-electron chi connectivity index (χ1n) is 3.81. The molecule has 0 bridgehead atoms. The Kier molecular flexibility index (Phi) is 5.00. The third kappa shape index (κ3) is 2.53. The predicted molar refractivity (Wildman–Crippen MR) is 47.8 cm³/mol. The summed E-state index contributed by atoms with van der Waals surface area (Å²) in [5.41, 5.74) is -0.162. The van der Waals surface area contributed by atoms with Crippen LogP contribution in [0.15, 0.2) is 4.99 Å². The average Bonchev–Trinajstić information content (AvgIpc) is 2.13. The summed E-state index contributed by atoms with van der Waals surface area (Å²) < 4.78 is 10.5. The molecule has 12 heavy (non-hydrogen) atoms. The molecular formula is C7H15NO3Si. The molecule has 0 fully saturated rings. The van der Waals surface area contributed by atoms with Crippen molar-refractivity contribution < 1.29 is 13.6 Å². The Morgan fingerprint density at radius 2 is 2.00 bits per heavy atom. The largest absolute Gasteiger partial charge is 0.397 e. The van der Waals surface area contributed by atoms with Gasteiger partial charge in [-0.05, 0) is 13.0 Å². The quantitative estimate of drug-likeness (QED) is 0.368. The molecule has 1 atom stereocenters. The molecule has 0 saturated carbocycles. The van der Waals surface area contributed by atoms with Crippen LogP contribution in [-0.2, 0) is 13.6 Å². The van der Waals surface area contributed by atoms with Crippen LogP contribution in [0, 0.1) is 0 Å². The maximum absolute atomic E-state index is 10.1. The lowest BCUT2D eigenvalue weighted by molar-refractivity contribution is 0.237. The van der Waals surface area contributed by atoms with E-state index < -0.39 is 8.56 Å². The zero-order valence-electron chi connectivity index (χ0n) is 7.96. The second-order valence-corrected chi connectivity index (χ2v) is 6.08. The summed E-state index contributed by atoms with van der Waals surface area (Å²) in [6.45, 7) is 3.82. The Balaban J connectivity index is 4.53. The third-order valence-electron chi connectivity index (χ3n) is 2.01. The van der Waals surface area contributed by atoms with Gasteiger partial charge in [0.1, 0.15) is 5.67 Å². The number of aliphatic imine (C=N–C) groups is 1. The maximum Gasteiger partial charge on any atom is 0.360 e. The van der Waals surface area contributed by atoms with Crippen molar-refractivity contribution in [3.8, 4) is 0 Å². The van der Waals surface area contributed by atoms with Crippen molar-refractivity contribution in [2.45, 2.75) is 25.6 Å². The summed E-state index contributed by atoms with van der Waals surface area (Å²) in [5.74, 6) is 0. The molecule has 0 aromatic heterocycles. The van der Waals surface area contributed by atoms with Crippen LogP contribution in [0.25, 0.3) is 0 Å². The number of hydrogen-bond acceptors (Lipinski definition) is 4. The fourth-order valence-electron chi connectivity index (χ4n) is 0.998. The van der Waals surface area contributed by atoms with Gasteiger partial charge in [0.05, 0.1) is 0 Å². The molecule has 0 N–H and O–H groups in total. The molecule has 0 amide bonds. The molecule has 0 aliphatic rings. The van der Waals surface area contributed by atoms with Gasteiger partial charge in [0.2, 0.25) is 6.08 Å². The van der Waals surface area contributed by atoms with E-state index in [4.69, 9.17) is 8.85 Å². The van der Waals surface area contributed by atoms with Crippen LogP contribution >= 0.6 is 0 Å². The molecule has 0 spiro atoms. The van der Waals surface area contributed by atoms with E-state index in [1.54, 1.807) is 20.3 Å². The van der Waals surface area contributed by atoms with Gasteiger partial charge in [0, 0.05) is 14.2 Å². The van der Waals surface area contributed by atoms with Crippen molar-refractivity contribution in [1.29, 1.82) is 0 Å². The highest BCUT2D eigenvalue weighted by Gasteiger charge is 2.38. The van der Waals surface area contributed by atoms with Crippen LogP contribution in [0.4, 0.5) is 0 Å². The maximum atomic E-state index is 10.1. The fourth-order valence-corrected chi connectivity index (χ4v) is 2.74. The zero-order chi connectivity index (χ0) is 9.61. The third-order valence-corrected chi connectivity index (χ3v) is 5.38. The highest BCUT2D eigenvalue weighted by molar-refractivity contribution is 6.67. The first-order chi connectivity index (χ1) is 5.64. The lowest BCUT2D eigenvalue weighted by atomic mass is 10.5. The highest BCUT2D eigenvalue weighted by Crippen LogP contribution is 2.15. The van der Waals surface area contributed by atoms with E-state index in [2.05, 4.69) is 4.99 Å². The van der Waals surface area contributed by atoms with E-state index in [-0.39, 0.29) is 5.67 Å². The number of nitrogens with zero attached hydrogens (tertiary/aromatic N) is 1. The number of carbonyl (C=O) groups excluding carboxylic acids is 1. The van der Waals surface area contributed by atoms with Crippen LogP contribution in [-0.4, -0.2) is 34.5 Å². The summed E-state index contributed by atoms with van der Waals surface area (Å²) in [6, 6.07) is 0. The first-order valence-corrected chi connectivity index (χ1v) is 6.21. The topological polar surface area (TPSA) is 47.9 Å². The predicted octanol–water partition coefficient (Wildman–Crippen LogP) is 1.00. The number of rotatable bonds is 5. The molecule has 0 aromatic carbocycles. The van der Waals surface area contributed by atoms with Crippen molar-refractivity contribution >= 4 is 14.6 Å². The van der Waals surface area contributed by atoms with Gasteiger partial charge in [-0.3, -0.25) is 0 Å². The molecule has 70 valence electrons. The molecule has 0 saturated heterocycles. The summed E-state index contributed by atoms with van der Waals surface area (Å²) in [4.78, 5) is 13.7. The Morgan fingerprint density at radius 1 is 1.50 bits per heavy atom. The Labute approximate surface area is 73.8 Å². The molecule has 4 nitrogen and oxygen atoms in total. The van der Waals surface area contributed by atoms with Gasteiger partial charge in [-0.25, -0.2) is 9.79 Å². The Bertz CT molecular complexity index is 175. The van der Waals surface area contributed by atoms with Crippen LogP contribution in [0.5, 0.6) is 0 Å². The molecule has 0 radical (unpaired) electrons. The standard InChI is InChI=1S/C7H15NO3Si/c1-5-7(8-6-9)12(4,10-2)11-3/h7H,5H2,1-4H3. The molecule has 0 aliphatic carbocycles. The van der Waals surface area contributed by atoms with Gasteiger partial charge < -0.3 is 8.85 Å². The number of hydrogen-bond donors (Lipinski definition) is 0. The SMILES string of the molecule is CCC(N=C=O)[Si](C)(OC)OC. The minimum absolute atomic E-state index is 0.162. The highest BCUT2D eigenvalue weighted by atomic mass is 28.4. The van der Waals surface area contributed by atoms with Crippen molar-refractivity contribution in [2.75, 3.05) is 14.2 Å². The van der Waals surface area contributed by atoms with E-state index in [0.717, 1.165) is 6.42 Å². The van der Waals surface area contributed by atoms with Crippen molar-refractivity contribution in [3.63, 3.8) is 0 Å². The molecule has 0 heterocycles. The van der Waals surface area contributed by atoms with Crippen LogP contribution in [0.3, 0.4) is 0 Å². The molecule has 1 unspecified atom stereocenters. The van der Waals surface area contributed by atoms with Crippen molar-refractivity contribution in [1.82, 2.24) is 0 Å². The Morgan fingerprint density at radius 3 is 2.25 bits per heavy atom. The van der Waals surface area contributed by atoms with E-state index in [1.165, 1.54) is 0 Å². The summed E-state index contributed by atoms with van der Waals surface area (Å²) in [5, 5.41) is 0. The van der Waals surface area contributed by atoms with Crippen molar-refractivity contribution in [2.24, 2.45) is 4.99 Å². The zero-order valence-corrected chi connectivity index (χ0v) is 8.96. The second-order valence-electron chi connectivity index (χ2n) is 2.57. The van der Waals surface area contributed by atoms with Crippen LogP contribution < -0.4 is 0 Å². The minimum atomic E-state index is -2.28. The van der Waals surface area contributed by atoms with E-state index in [9.17, 15) is 4.79 Å². The molecule has 0 rings (SSSR count). The molecule has 0 aromatic rings. The summed E-state index contributed by atoms with van der Waals surface area (Å²) in [7, 11) is 0.887. The second kappa shape index (κ2) is 5.21. The van der Waals surface area contributed by atoms with Gasteiger partial charge in [0.25, 0.3) is 0 Å². The van der Waals surface area contributed by atoms with E-state index >= 15 is 0 Å². The lowest BCUT2D eigenvalue weighted by Gasteiger charge is -2.27. The van der Waals surface area contributed by atoms with Gasteiger partial charge in [-0.1, -0.05) is 6.92 Å². The normalized spacial score (nSPS) is 13.7. The van der Waals surface area contributed by atoms with Gasteiger partial charge in [-0.2, -0.15) is 0 Å². The van der Waals surface area contributed by atoms with E-state index in [1.807, 2.05) is 13.5 Å². The van der Waals surface area contributed by atoms with Crippen molar-refractivity contribution in [3.05, 3.63) is 0 Å². The summed E-state index contributed by atoms with van der Waals surface area (Å²) >= 11 is 0. The average molecular weight is 189 g/mol. The number of isocyanates is 1. The molecule has 5 heteroatoms. The Hall–Kier alpha value is -0.483. The monoisotopic (exact) mass is 189 g/mol. The fraction of sp³-hybridized carbons (Fsp3) is 0.857. The van der Waals surface area contributed by atoms with E-state index in [0.29, 0.717) is 0 Å². The molecular weight excluding hydrogens is 174 g/mol. The van der Waals surface area contributed by atoms with Gasteiger partial charge in [0.15, 0.2) is 0 Å². The van der Waals surface area contributed by atoms with Gasteiger partial charge >= 0.3 is 8.56 Å². The summed E-state index contributed by atoms with van der Waals surface area (Å²) in [6.07, 6.45) is 2.28. The van der Waals surface area contributed by atoms with Crippen LogP contribution in [0.2, 0.25) is 6.55 Å². The van der Waals surface area contributed by atoms with Crippen LogP contribution in [0.1, 0.15) is 13.3 Å². The minimum Gasteiger partial charge on any atom is -0.397 e. The lowest BCUT2D eigenvalue weighted by Crippen LogP contribution is -2.48. The van der Waals surface area contributed by atoms with Gasteiger partial charge in [-0.15, -0.1) is 0 Å². The molecule has 0 aliphatic heterocycles.